The topological polar surface area (TPSA) is 35.2 Å². The maximum absolute atomic E-state index is 6.02. The van der Waals surface area contributed by atoms with Crippen LogP contribution in [0.15, 0.2) is 48.5 Å². The van der Waals surface area contributed by atoms with Gasteiger partial charge in [0, 0.05) is 6.04 Å². The van der Waals surface area contributed by atoms with E-state index in [1.807, 2.05) is 37.3 Å². The molecule has 0 saturated heterocycles. The molecule has 2 heteroatoms. The average Bonchev–Trinajstić information content (AvgIpc) is 2.40. The molecule has 0 radical (unpaired) electrons. The van der Waals surface area contributed by atoms with Crippen LogP contribution in [0.4, 0.5) is 0 Å². The van der Waals surface area contributed by atoms with E-state index in [1.165, 1.54) is 5.56 Å². The molecular formula is C19H25NO. The first-order chi connectivity index (χ1) is 9.86. The lowest BCUT2D eigenvalue weighted by Crippen LogP contribution is -2.18. The molecule has 0 heterocycles. The first-order valence-electron chi connectivity index (χ1n) is 7.48. The molecule has 0 spiro atoms. The Hall–Kier alpha value is -1.80. The van der Waals surface area contributed by atoms with E-state index in [-0.39, 0.29) is 11.5 Å². The third kappa shape index (κ3) is 4.33. The lowest BCUT2D eigenvalue weighted by molar-refractivity contribution is 0.473. The van der Waals surface area contributed by atoms with Gasteiger partial charge in [0.15, 0.2) is 0 Å². The summed E-state index contributed by atoms with van der Waals surface area (Å²) in [6.07, 6.45) is 0.816. The summed E-state index contributed by atoms with van der Waals surface area (Å²) in [7, 11) is 0. The van der Waals surface area contributed by atoms with Crippen molar-refractivity contribution in [1.82, 2.24) is 0 Å². The summed E-state index contributed by atoms with van der Waals surface area (Å²) < 4.78 is 6.02. The van der Waals surface area contributed by atoms with Crippen LogP contribution in [0.3, 0.4) is 0 Å². The lowest BCUT2D eigenvalue weighted by Gasteiger charge is -2.19. The number of nitrogens with two attached hydrogens (primary N) is 1. The Morgan fingerprint density at radius 2 is 1.62 bits per heavy atom. The van der Waals surface area contributed by atoms with Gasteiger partial charge >= 0.3 is 0 Å². The molecule has 0 fully saturated rings. The second kappa shape index (κ2) is 6.31. The van der Waals surface area contributed by atoms with Crippen molar-refractivity contribution in [3.8, 4) is 11.5 Å². The van der Waals surface area contributed by atoms with E-state index in [9.17, 15) is 0 Å². The van der Waals surface area contributed by atoms with E-state index in [0.717, 1.165) is 23.5 Å². The second-order valence-electron chi connectivity index (χ2n) is 6.67. The van der Waals surface area contributed by atoms with E-state index < -0.39 is 0 Å². The van der Waals surface area contributed by atoms with Crippen molar-refractivity contribution in [2.75, 3.05) is 0 Å². The van der Waals surface area contributed by atoms with Gasteiger partial charge in [0.05, 0.1) is 0 Å². The fourth-order valence-corrected chi connectivity index (χ4v) is 2.27. The van der Waals surface area contributed by atoms with Crippen LogP contribution in [0.5, 0.6) is 11.5 Å². The molecule has 0 aliphatic heterocycles. The molecule has 0 aliphatic carbocycles. The van der Waals surface area contributed by atoms with Crippen LogP contribution in [0.1, 0.15) is 38.8 Å². The van der Waals surface area contributed by atoms with Crippen LogP contribution >= 0.6 is 0 Å². The predicted molar refractivity (Wildman–Crippen MR) is 89.0 cm³/mol. The van der Waals surface area contributed by atoms with Crippen LogP contribution in [0, 0.1) is 0 Å². The van der Waals surface area contributed by atoms with Crippen molar-refractivity contribution < 1.29 is 4.74 Å². The Morgan fingerprint density at radius 3 is 2.19 bits per heavy atom. The molecule has 2 nitrogen and oxygen atoms in total. The fourth-order valence-electron chi connectivity index (χ4n) is 2.27. The van der Waals surface area contributed by atoms with Crippen LogP contribution < -0.4 is 10.5 Å². The van der Waals surface area contributed by atoms with E-state index in [1.54, 1.807) is 0 Å². The highest BCUT2D eigenvalue weighted by atomic mass is 16.5. The fraction of sp³-hybridized carbons (Fsp3) is 0.368. The number of benzene rings is 2. The van der Waals surface area contributed by atoms with Crippen LogP contribution in [-0.4, -0.2) is 6.04 Å². The van der Waals surface area contributed by atoms with Crippen molar-refractivity contribution in [3.63, 3.8) is 0 Å². The van der Waals surface area contributed by atoms with Crippen molar-refractivity contribution in [2.24, 2.45) is 5.73 Å². The van der Waals surface area contributed by atoms with E-state index in [4.69, 9.17) is 10.5 Å². The molecule has 0 amide bonds. The Kier molecular flexibility index (Phi) is 4.69. The van der Waals surface area contributed by atoms with Crippen LogP contribution in [-0.2, 0) is 11.8 Å². The minimum atomic E-state index is 0.123. The highest BCUT2D eigenvalue weighted by molar-refractivity contribution is 5.39. The number of rotatable bonds is 4. The van der Waals surface area contributed by atoms with E-state index >= 15 is 0 Å². The Morgan fingerprint density at radius 1 is 1.00 bits per heavy atom. The summed E-state index contributed by atoms with van der Waals surface area (Å²) in [5.74, 6) is 1.75. The van der Waals surface area contributed by atoms with Gasteiger partial charge in [0.2, 0.25) is 0 Å². The molecule has 2 rings (SSSR count). The Labute approximate surface area is 127 Å². The summed E-state index contributed by atoms with van der Waals surface area (Å²) in [6.45, 7) is 8.64. The molecule has 0 aliphatic rings. The van der Waals surface area contributed by atoms with Crippen molar-refractivity contribution in [1.29, 1.82) is 0 Å². The summed E-state index contributed by atoms with van der Waals surface area (Å²) in [5, 5.41) is 0. The Bertz CT molecular complexity index is 579. The van der Waals surface area contributed by atoms with E-state index in [2.05, 4.69) is 39.0 Å². The van der Waals surface area contributed by atoms with Crippen molar-refractivity contribution in [2.45, 2.75) is 45.6 Å². The first kappa shape index (κ1) is 15.6. The zero-order valence-electron chi connectivity index (χ0n) is 13.4. The Balaban J connectivity index is 2.19. The molecule has 2 aromatic carbocycles. The van der Waals surface area contributed by atoms with Gasteiger partial charge in [0.1, 0.15) is 11.5 Å². The van der Waals surface area contributed by atoms with Gasteiger partial charge in [0.25, 0.3) is 0 Å². The lowest BCUT2D eigenvalue weighted by atomic mass is 9.87. The average molecular weight is 283 g/mol. The van der Waals surface area contributed by atoms with Gasteiger partial charge in [-0.2, -0.15) is 0 Å². The highest BCUT2D eigenvalue weighted by Gasteiger charge is 2.13. The normalized spacial score (nSPS) is 13.0. The predicted octanol–water partition coefficient (Wildman–Crippen LogP) is 4.67. The van der Waals surface area contributed by atoms with Crippen molar-refractivity contribution in [3.05, 3.63) is 59.7 Å². The quantitative estimate of drug-likeness (QED) is 0.885. The monoisotopic (exact) mass is 283 g/mol. The third-order valence-electron chi connectivity index (χ3n) is 3.46. The molecule has 0 saturated carbocycles. The summed E-state index contributed by atoms with van der Waals surface area (Å²) >= 11 is 0. The summed E-state index contributed by atoms with van der Waals surface area (Å²) in [4.78, 5) is 0. The van der Waals surface area contributed by atoms with Crippen molar-refractivity contribution >= 4 is 0 Å². The minimum Gasteiger partial charge on any atom is -0.457 e. The molecule has 21 heavy (non-hydrogen) atoms. The van der Waals surface area contributed by atoms with Gasteiger partial charge in [-0.25, -0.2) is 0 Å². The maximum Gasteiger partial charge on any atom is 0.130 e. The van der Waals surface area contributed by atoms with Gasteiger partial charge < -0.3 is 10.5 Å². The van der Waals surface area contributed by atoms with Gasteiger partial charge in [-0.1, -0.05) is 51.1 Å². The maximum atomic E-state index is 6.02. The third-order valence-corrected chi connectivity index (χ3v) is 3.46. The summed E-state index contributed by atoms with van der Waals surface area (Å²) in [5.41, 5.74) is 8.51. The van der Waals surface area contributed by atoms with Gasteiger partial charge in [-0.3, -0.25) is 0 Å². The number of hydrogen-bond acceptors (Lipinski definition) is 2. The summed E-state index contributed by atoms with van der Waals surface area (Å²) in [6, 6.07) is 16.5. The number of hydrogen-bond donors (Lipinski definition) is 1. The standard InChI is InChI=1S/C19H25NO/c1-14(20)13-15-7-5-6-8-18(15)21-17-11-9-16(10-12-17)19(2,3)4/h5-12,14H,13,20H2,1-4H3. The first-order valence-corrected chi connectivity index (χ1v) is 7.48. The molecule has 112 valence electrons. The SMILES string of the molecule is CC(N)Cc1ccccc1Oc1ccc(C(C)(C)C)cc1. The van der Waals surface area contributed by atoms with Gasteiger partial charge in [-0.15, -0.1) is 0 Å². The molecule has 0 bridgehead atoms. The van der Waals surface area contributed by atoms with Crippen LogP contribution in [0.2, 0.25) is 0 Å². The minimum absolute atomic E-state index is 0.123. The number of ether oxygens (including phenoxy) is 1. The zero-order chi connectivity index (χ0) is 15.5. The van der Waals surface area contributed by atoms with Gasteiger partial charge in [-0.05, 0) is 48.1 Å². The molecule has 1 atom stereocenters. The van der Waals surface area contributed by atoms with Crippen LogP contribution in [0.25, 0.3) is 0 Å². The second-order valence-corrected chi connectivity index (χ2v) is 6.67. The largest absolute Gasteiger partial charge is 0.457 e. The molecular weight excluding hydrogens is 258 g/mol. The van der Waals surface area contributed by atoms with E-state index in [0.29, 0.717) is 0 Å². The zero-order valence-corrected chi connectivity index (χ0v) is 13.4. The smallest absolute Gasteiger partial charge is 0.130 e. The molecule has 1 unspecified atom stereocenters. The molecule has 0 aromatic heterocycles. The highest BCUT2D eigenvalue weighted by Crippen LogP contribution is 2.29. The number of para-hydroxylation sites is 1. The molecule has 2 aromatic rings. The molecule has 2 N–H and O–H groups in total.